The summed E-state index contributed by atoms with van der Waals surface area (Å²) in [6.07, 6.45) is 0. The number of esters is 3. The summed E-state index contributed by atoms with van der Waals surface area (Å²) in [7, 11) is 0. The molecule has 0 saturated heterocycles. The summed E-state index contributed by atoms with van der Waals surface area (Å²) < 4.78 is 15.1. The Bertz CT molecular complexity index is 565. The predicted molar refractivity (Wildman–Crippen MR) is 163 cm³/mol. The zero-order valence-electron chi connectivity index (χ0n) is 20.2. The van der Waals surface area contributed by atoms with E-state index in [9.17, 15) is 14.4 Å². The van der Waals surface area contributed by atoms with E-state index in [-0.39, 0.29) is 47.2 Å². The lowest BCUT2D eigenvalue weighted by Gasteiger charge is -2.06. The van der Waals surface area contributed by atoms with Crippen molar-refractivity contribution in [2.24, 2.45) is 0 Å². The Labute approximate surface area is 252 Å². The lowest BCUT2D eigenvalue weighted by molar-refractivity contribution is -0.274. The van der Waals surface area contributed by atoms with E-state index in [2.05, 4.69) is 0 Å². The van der Waals surface area contributed by atoms with Crippen molar-refractivity contribution in [1.29, 1.82) is 0 Å². The summed E-state index contributed by atoms with van der Waals surface area (Å²) in [5.41, 5.74) is 0. The van der Waals surface area contributed by atoms with Gasteiger partial charge in [-0.15, -0.1) is 94.1 Å². The molecule has 0 aliphatic carbocycles. The standard InChI is InChI=1S/C19H34O10S8/c20-10-30-4-1-25-17(22)7-33-14-32-6-3-28-29-13-37-16-35-9-19(24)27-12-36-15-34-8-18(23)26-2-5-31-11-21/h20-21H,1-16H2. The summed E-state index contributed by atoms with van der Waals surface area (Å²) in [6, 6.07) is 0. The van der Waals surface area contributed by atoms with Crippen LogP contribution in [0.25, 0.3) is 0 Å². The SMILES string of the molecule is O=C(CSCSCCOOCSCSCC(=O)OCSCSCC(=O)OCCSCO)OCCSCO. The van der Waals surface area contributed by atoms with Crippen molar-refractivity contribution < 1.29 is 48.6 Å². The molecule has 0 heterocycles. The van der Waals surface area contributed by atoms with Crippen molar-refractivity contribution in [1.82, 2.24) is 0 Å². The van der Waals surface area contributed by atoms with E-state index in [0.717, 1.165) is 10.8 Å². The first-order valence-corrected chi connectivity index (χ1v) is 19.9. The average Bonchev–Trinajstić information content (AvgIpc) is 2.89. The van der Waals surface area contributed by atoms with E-state index in [0.29, 0.717) is 53.2 Å². The number of aliphatic hydroxyl groups excluding tert-OH is 2. The first-order chi connectivity index (χ1) is 18.1. The zero-order chi connectivity index (χ0) is 27.2. The Morgan fingerprint density at radius 3 is 1.49 bits per heavy atom. The van der Waals surface area contributed by atoms with Crippen LogP contribution in [-0.4, -0.2) is 121 Å². The Morgan fingerprint density at radius 1 is 0.486 bits per heavy atom. The maximum absolute atomic E-state index is 11.7. The molecule has 2 N–H and O–H groups in total. The van der Waals surface area contributed by atoms with Crippen LogP contribution in [0.2, 0.25) is 0 Å². The fourth-order valence-electron chi connectivity index (χ4n) is 1.69. The molecule has 10 nitrogen and oxygen atoms in total. The topological polar surface area (TPSA) is 138 Å². The Morgan fingerprint density at radius 2 is 0.946 bits per heavy atom. The second kappa shape index (κ2) is 31.6. The normalized spacial score (nSPS) is 10.9. The molecule has 0 rings (SSSR count). The van der Waals surface area contributed by atoms with Crippen molar-refractivity contribution in [2.75, 3.05) is 93.3 Å². The molecule has 0 saturated carbocycles. The molecule has 0 aromatic heterocycles. The van der Waals surface area contributed by atoms with Crippen LogP contribution in [0.15, 0.2) is 0 Å². The van der Waals surface area contributed by atoms with E-state index in [1.165, 1.54) is 82.3 Å². The lowest BCUT2D eigenvalue weighted by Crippen LogP contribution is -2.10. The molecule has 0 aliphatic rings. The quantitative estimate of drug-likeness (QED) is 0.0313. The van der Waals surface area contributed by atoms with Crippen molar-refractivity contribution in [2.45, 2.75) is 0 Å². The van der Waals surface area contributed by atoms with Gasteiger partial charge in [-0.3, -0.25) is 14.4 Å². The van der Waals surface area contributed by atoms with Crippen LogP contribution in [0.5, 0.6) is 0 Å². The number of rotatable bonds is 28. The number of carbonyl (C=O) groups is 3. The number of carbonyl (C=O) groups excluding carboxylic acids is 3. The van der Waals surface area contributed by atoms with Gasteiger partial charge in [-0.1, -0.05) is 0 Å². The fourth-order valence-corrected chi connectivity index (χ4v) is 7.07. The van der Waals surface area contributed by atoms with Gasteiger partial charge < -0.3 is 24.4 Å². The molecule has 0 spiro atoms. The summed E-state index contributed by atoms with van der Waals surface area (Å²) in [5.74, 6) is 2.53. The van der Waals surface area contributed by atoms with Gasteiger partial charge in [0.2, 0.25) is 0 Å². The number of ether oxygens (including phenoxy) is 3. The van der Waals surface area contributed by atoms with Gasteiger partial charge in [-0.25, -0.2) is 9.78 Å². The van der Waals surface area contributed by atoms with E-state index in [4.69, 9.17) is 34.2 Å². The minimum Gasteiger partial charge on any atom is -0.464 e. The van der Waals surface area contributed by atoms with Crippen LogP contribution in [0.4, 0.5) is 0 Å². The third kappa shape index (κ3) is 31.4. The van der Waals surface area contributed by atoms with E-state index < -0.39 is 0 Å². The van der Waals surface area contributed by atoms with E-state index in [1.54, 1.807) is 11.8 Å². The molecule has 218 valence electrons. The first kappa shape index (κ1) is 38.0. The molecule has 0 unspecified atom stereocenters. The summed E-state index contributed by atoms with van der Waals surface area (Å²) in [5, 5.41) is 19.3. The Kier molecular flexibility index (Phi) is 32.5. The van der Waals surface area contributed by atoms with Gasteiger partial charge >= 0.3 is 17.9 Å². The molecule has 0 atom stereocenters. The molecule has 0 bridgehead atoms. The number of aliphatic hydroxyl groups is 2. The smallest absolute Gasteiger partial charge is 0.316 e. The van der Waals surface area contributed by atoms with Crippen LogP contribution < -0.4 is 0 Å². The largest absolute Gasteiger partial charge is 0.464 e. The summed E-state index contributed by atoms with van der Waals surface area (Å²) in [4.78, 5) is 44.7. The highest BCUT2D eigenvalue weighted by Gasteiger charge is 2.06. The second-order valence-electron chi connectivity index (χ2n) is 5.92. The Hall–Kier alpha value is 1.05. The van der Waals surface area contributed by atoms with Gasteiger partial charge in [-0.2, -0.15) is 0 Å². The van der Waals surface area contributed by atoms with Gasteiger partial charge in [0.05, 0.1) is 35.7 Å². The van der Waals surface area contributed by atoms with Gasteiger partial charge in [0.1, 0.15) is 25.1 Å². The molecule has 37 heavy (non-hydrogen) atoms. The van der Waals surface area contributed by atoms with Gasteiger partial charge in [0.25, 0.3) is 0 Å². The highest BCUT2D eigenvalue weighted by Crippen LogP contribution is 2.16. The molecule has 0 fully saturated rings. The van der Waals surface area contributed by atoms with E-state index >= 15 is 0 Å². The maximum Gasteiger partial charge on any atom is 0.316 e. The monoisotopic (exact) mass is 678 g/mol. The molecule has 0 aliphatic heterocycles. The van der Waals surface area contributed by atoms with Crippen LogP contribution >= 0.6 is 94.1 Å². The predicted octanol–water partition coefficient (Wildman–Crippen LogP) is 3.12. The maximum atomic E-state index is 11.7. The Balaban J connectivity index is 3.27. The fraction of sp³-hybridized carbons (Fsp3) is 0.842. The third-order valence-corrected chi connectivity index (χ3v) is 10.8. The number of hydrogen-bond acceptors (Lipinski definition) is 18. The van der Waals surface area contributed by atoms with Crippen molar-refractivity contribution >= 4 is 112 Å². The van der Waals surface area contributed by atoms with Crippen LogP contribution in [0.1, 0.15) is 0 Å². The molecule has 0 amide bonds. The molecule has 0 aromatic carbocycles. The minimum atomic E-state index is -0.292. The number of thioether (sulfide) groups is 8. The van der Waals surface area contributed by atoms with E-state index in [1.807, 2.05) is 0 Å². The first-order valence-electron chi connectivity index (χ1n) is 10.6. The minimum absolute atomic E-state index is 0.0147. The molecule has 18 heteroatoms. The zero-order valence-corrected chi connectivity index (χ0v) is 26.8. The van der Waals surface area contributed by atoms with Gasteiger partial charge in [0, 0.05) is 32.5 Å². The highest BCUT2D eigenvalue weighted by atomic mass is 32.2. The molecule has 0 radical (unpaired) electrons. The summed E-state index contributed by atoms with van der Waals surface area (Å²) in [6.45, 7) is 1.05. The van der Waals surface area contributed by atoms with Crippen LogP contribution in [0.3, 0.4) is 0 Å². The van der Waals surface area contributed by atoms with Crippen molar-refractivity contribution in [3.05, 3.63) is 0 Å². The molecular formula is C19H34O10S8. The van der Waals surface area contributed by atoms with Crippen molar-refractivity contribution in [3.63, 3.8) is 0 Å². The lowest BCUT2D eigenvalue weighted by atomic mass is 10.8. The average molecular weight is 679 g/mol. The highest BCUT2D eigenvalue weighted by molar-refractivity contribution is 8.17. The molecular weight excluding hydrogens is 645 g/mol. The number of hydrogen-bond donors (Lipinski definition) is 2. The van der Waals surface area contributed by atoms with Crippen LogP contribution in [0, 0.1) is 0 Å². The van der Waals surface area contributed by atoms with Crippen molar-refractivity contribution in [3.8, 4) is 0 Å². The summed E-state index contributed by atoms with van der Waals surface area (Å²) >= 11 is 11.5. The second-order valence-corrected chi connectivity index (χ2v) is 15.1. The van der Waals surface area contributed by atoms with Gasteiger partial charge in [-0.05, 0) is 0 Å². The molecule has 0 aromatic rings. The van der Waals surface area contributed by atoms with Crippen LogP contribution in [-0.2, 0) is 38.4 Å². The van der Waals surface area contributed by atoms with Gasteiger partial charge in [0.15, 0.2) is 0 Å². The third-order valence-electron chi connectivity index (χ3n) is 3.15.